The second kappa shape index (κ2) is 7.56. The van der Waals surface area contributed by atoms with Crippen molar-refractivity contribution in [3.8, 4) is 11.5 Å². The molecule has 1 saturated heterocycles. The highest BCUT2D eigenvalue weighted by molar-refractivity contribution is 5.43. The highest BCUT2D eigenvalue weighted by Gasteiger charge is 2.18. The molecule has 0 saturated carbocycles. The lowest BCUT2D eigenvalue weighted by Crippen LogP contribution is -2.43. The summed E-state index contributed by atoms with van der Waals surface area (Å²) in [6.45, 7) is -0.0314. The number of nitrogens with one attached hydrogen (secondary N) is 1. The lowest BCUT2D eigenvalue weighted by atomic mass is 10.1. The second-order valence-electron chi connectivity index (χ2n) is 5.28. The van der Waals surface area contributed by atoms with Crippen LogP contribution >= 0.6 is 0 Å². The van der Waals surface area contributed by atoms with Crippen molar-refractivity contribution in [2.75, 3.05) is 27.2 Å². The monoisotopic (exact) mass is 300 g/mol. The van der Waals surface area contributed by atoms with Crippen molar-refractivity contribution in [2.24, 2.45) is 0 Å². The summed E-state index contributed by atoms with van der Waals surface area (Å²) in [4.78, 5) is 2.27. The predicted octanol–water partition coefficient (Wildman–Crippen LogP) is 2.48. The summed E-state index contributed by atoms with van der Waals surface area (Å²) in [5.74, 6) is 0.404. The minimum absolute atomic E-state index is 0.0678. The number of rotatable bonds is 6. The van der Waals surface area contributed by atoms with Crippen molar-refractivity contribution in [1.82, 2.24) is 10.2 Å². The number of halogens is 2. The van der Waals surface area contributed by atoms with Crippen LogP contribution in [-0.4, -0.2) is 44.8 Å². The molecule has 1 aliphatic heterocycles. The zero-order valence-electron chi connectivity index (χ0n) is 12.4. The van der Waals surface area contributed by atoms with Gasteiger partial charge in [0.05, 0.1) is 7.11 Å². The van der Waals surface area contributed by atoms with Crippen molar-refractivity contribution >= 4 is 0 Å². The highest BCUT2D eigenvalue weighted by atomic mass is 19.3. The molecule has 0 amide bonds. The summed E-state index contributed by atoms with van der Waals surface area (Å²) in [6, 6.07) is 5.59. The molecule has 1 N–H and O–H groups in total. The van der Waals surface area contributed by atoms with Crippen molar-refractivity contribution in [2.45, 2.75) is 32.0 Å². The highest BCUT2D eigenvalue weighted by Crippen LogP contribution is 2.30. The summed E-state index contributed by atoms with van der Waals surface area (Å²) >= 11 is 0. The predicted molar refractivity (Wildman–Crippen MR) is 77.0 cm³/mol. The Hall–Kier alpha value is -1.40. The zero-order valence-corrected chi connectivity index (χ0v) is 12.4. The van der Waals surface area contributed by atoms with Gasteiger partial charge in [-0.2, -0.15) is 8.78 Å². The molecule has 1 unspecified atom stereocenters. The third-order valence-corrected chi connectivity index (χ3v) is 3.77. The van der Waals surface area contributed by atoms with Gasteiger partial charge in [-0.15, -0.1) is 0 Å². The number of methoxy groups -OCH3 is 1. The largest absolute Gasteiger partial charge is 0.493 e. The summed E-state index contributed by atoms with van der Waals surface area (Å²) in [6.07, 6.45) is 2.35. The minimum atomic E-state index is -2.85. The molecule has 4 nitrogen and oxygen atoms in total. The first-order valence-corrected chi connectivity index (χ1v) is 7.13. The Labute approximate surface area is 124 Å². The van der Waals surface area contributed by atoms with Crippen LogP contribution in [0.5, 0.6) is 11.5 Å². The maximum Gasteiger partial charge on any atom is 0.387 e. The quantitative estimate of drug-likeness (QED) is 0.875. The first kappa shape index (κ1) is 16.0. The molecule has 1 heterocycles. The molecule has 118 valence electrons. The number of piperidine rings is 1. The number of ether oxygens (including phenoxy) is 2. The van der Waals surface area contributed by atoms with Crippen LogP contribution in [0, 0.1) is 0 Å². The summed E-state index contributed by atoms with van der Waals surface area (Å²) in [5, 5.41) is 3.39. The molecular weight excluding hydrogens is 278 g/mol. The van der Waals surface area contributed by atoms with Crippen molar-refractivity contribution in [3.05, 3.63) is 23.8 Å². The van der Waals surface area contributed by atoms with Gasteiger partial charge in [0, 0.05) is 19.1 Å². The van der Waals surface area contributed by atoms with E-state index in [0.29, 0.717) is 11.8 Å². The first-order chi connectivity index (χ1) is 10.1. The fourth-order valence-corrected chi connectivity index (χ4v) is 2.63. The Morgan fingerprint density at radius 1 is 1.38 bits per heavy atom. The summed E-state index contributed by atoms with van der Waals surface area (Å²) < 4.78 is 34.2. The van der Waals surface area contributed by atoms with Crippen LogP contribution in [0.4, 0.5) is 8.78 Å². The molecule has 1 aromatic carbocycles. The zero-order chi connectivity index (χ0) is 15.2. The molecule has 1 fully saturated rings. The van der Waals surface area contributed by atoms with Gasteiger partial charge in [0.2, 0.25) is 0 Å². The molecule has 21 heavy (non-hydrogen) atoms. The number of nitrogens with zero attached hydrogens (tertiary/aromatic N) is 1. The Kier molecular flexibility index (Phi) is 5.76. The Morgan fingerprint density at radius 2 is 2.19 bits per heavy atom. The van der Waals surface area contributed by atoms with E-state index in [1.807, 2.05) is 0 Å². The van der Waals surface area contributed by atoms with Crippen LogP contribution in [0.25, 0.3) is 0 Å². The van der Waals surface area contributed by atoms with Crippen molar-refractivity contribution in [1.29, 1.82) is 0 Å². The SMILES string of the molecule is COc1cc(CN(C)C2CCCNC2)ccc1OC(F)F. The van der Waals surface area contributed by atoms with Gasteiger partial charge in [0.25, 0.3) is 0 Å². The average Bonchev–Trinajstić information content (AvgIpc) is 2.49. The van der Waals surface area contributed by atoms with Gasteiger partial charge in [-0.25, -0.2) is 0 Å². The summed E-state index contributed by atoms with van der Waals surface area (Å²) in [7, 11) is 3.53. The van der Waals surface area contributed by atoms with Gasteiger partial charge >= 0.3 is 6.61 Å². The third kappa shape index (κ3) is 4.54. The number of likely N-dealkylation sites (N-methyl/N-ethyl adjacent to an activating group) is 1. The Morgan fingerprint density at radius 3 is 2.81 bits per heavy atom. The molecule has 0 radical (unpaired) electrons. The van der Waals surface area contributed by atoms with Crippen molar-refractivity contribution in [3.63, 3.8) is 0 Å². The Bertz CT molecular complexity index is 451. The van der Waals surface area contributed by atoms with Gasteiger partial charge < -0.3 is 14.8 Å². The van der Waals surface area contributed by atoms with Crippen LogP contribution in [-0.2, 0) is 6.54 Å². The van der Waals surface area contributed by atoms with E-state index in [0.717, 1.165) is 25.2 Å². The van der Waals surface area contributed by atoms with E-state index in [1.54, 1.807) is 12.1 Å². The number of benzene rings is 1. The maximum absolute atomic E-state index is 12.3. The molecule has 0 bridgehead atoms. The van der Waals surface area contributed by atoms with Gasteiger partial charge in [-0.05, 0) is 44.1 Å². The lowest BCUT2D eigenvalue weighted by Gasteiger charge is -2.31. The van der Waals surface area contributed by atoms with E-state index < -0.39 is 6.61 Å². The maximum atomic E-state index is 12.3. The van der Waals surface area contributed by atoms with E-state index in [2.05, 4.69) is 22.0 Å². The average molecular weight is 300 g/mol. The van der Waals surface area contributed by atoms with E-state index in [9.17, 15) is 8.78 Å². The van der Waals surface area contributed by atoms with E-state index in [4.69, 9.17) is 4.74 Å². The Balaban J connectivity index is 2.02. The normalized spacial score (nSPS) is 19.0. The fraction of sp³-hybridized carbons (Fsp3) is 0.600. The van der Waals surface area contributed by atoms with Gasteiger partial charge in [0.1, 0.15) is 0 Å². The van der Waals surface area contributed by atoms with E-state index in [-0.39, 0.29) is 5.75 Å². The summed E-state index contributed by atoms with van der Waals surface area (Å²) in [5.41, 5.74) is 1.02. The van der Waals surface area contributed by atoms with Crippen LogP contribution < -0.4 is 14.8 Å². The molecular formula is C15H22F2N2O2. The molecule has 0 aromatic heterocycles. The molecule has 1 atom stereocenters. The molecule has 2 rings (SSSR count). The van der Waals surface area contributed by atoms with Crippen molar-refractivity contribution < 1.29 is 18.3 Å². The van der Waals surface area contributed by atoms with Crippen LogP contribution in [0.3, 0.4) is 0 Å². The fourth-order valence-electron chi connectivity index (χ4n) is 2.63. The molecule has 0 spiro atoms. The van der Waals surface area contributed by atoms with Gasteiger partial charge in [-0.3, -0.25) is 4.90 Å². The van der Waals surface area contributed by atoms with Gasteiger partial charge in [0.15, 0.2) is 11.5 Å². The molecule has 6 heteroatoms. The molecule has 1 aliphatic rings. The number of alkyl halides is 2. The molecule has 1 aromatic rings. The van der Waals surface area contributed by atoms with Gasteiger partial charge in [-0.1, -0.05) is 6.07 Å². The standard InChI is InChI=1S/C15H22F2N2O2/c1-19(12-4-3-7-18-9-12)10-11-5-6-13(21-15(16)17)14(8-11)20-2/h5-6,8,12,15,18H,3-4,7,9-10H2,1-2H3. The van der Waals surface area contributed by atoms with Crippen LogP contribution in [0.1, 0.15) is 18.4 Å². The van der Waals surface area contributed by atoms with Crippen LogP contribution in [0.15, 0.2) is 18.2 Å². The second-order valence-corrected chi connectivity index (χ2v) is 5.28. The van der Waals surface area contributed by atoms with E-state index >= 15 is 0 Å². The number of hydrogen-bond acceptors (Lipinski definition) is 4. The number of hydrogen-bond donors (Lipinski definition) is 1. The van der Waals surface area contributed by atoms with E-state index in [1.165, 1.54) is 26.0 Å². The molecule has 0 aliphatic carbocycles. The minimum Gasteiger partial charge on any atom is -0.493 e. The topological polar surface area (TPSA) is 33.7 Å². The first-order valence-electron chi connectivity index (χ1n) is 7.13. The smallest absolute Gasteiger partial charge is 0.387 e. The van der Waals surface area contributed by atoms with Crippen LogP contribution in [0.2, 0.25) is 0 Å². The third-order valence-electron chi connectivity index (χ3n) is 3.77. The lowest BCUT2D eigenvalue weighted by molar-refractivity contribution is -0.0512.